The first kappa shape index (κ1) is 14.1. The van der Waals surface area contributed by atoms with Crippen molar-refractivity contribution < 1.29 is 0 Å². The molecule has 0 amide bonds. The molecule has 0 aliphatic heterocycles. The van der Waals surface area contributed by atoms with E-state index in [1.165, 1.54) is 29.8 Å². The third kappa shape index (κ3) is 3.22. The Labute approximate surface area is 129 Å². The summed E-state index contributed by atoms with van der Waals surface area (Å²) in [6.07, 6.45) is 3.75. The Balaban J connectivity index is 1.86. The van der Waals surface area contributed by atoms with Crippen molar-refractivity contribution in [1.29, 1.82) is 0 Å². The lowest BCUT2D eigenvalue weighted by Crippen LogP contribution is -2.13. The number of hydrogen-bond acceptors (Lipinski definition) is 3. The van der Waals surface area contributed by atoms with Crippen LogP contribution in [-0.2, 0) is 6.54 Å². The maximum atomic E-state index is 6.08. The zero-order chi connectivity index (χ0) is 13.9. The van der Waals surface area contributed by atoms with Gasteiger partial charge in [-0.1, -0.05) is 30.7 Å². The Morgan fingerprint density at radius 1 is 1.40 bits per heavy atom. The molecule has 3 rings (SSSR count). The minimum absolute atomic E-state index is 0.692. The van der Waals surface area contributed by atoms with E-state index in [-0.39, 0.29) is 0 Å². The van der Waals surface area contributed by atoms with Crippen LogP contribution in [0.25, 0.3) is 10.6 Å². The van der Waals surface area contributed by atoms with Crippen LogP contribution >= 0.6 is 22.9 Å². The summed E-state index contributed by atoms with van der Waals surface area (Å²) >= 11 is 7.89. The van der Waals surface area contributed by atoms with Gasteiger partial charge in [-0.15, -0.1) is 11.3 Å². The van der Waals surface area contributed by atoms with Crippen molar-refractivity contribution >= 4 is 22.9 Å². The fourth-order valence-corrected chi connectivity index (χ4v) is 3.59. The molecule has 106 valence electrons. The molecule has 2 aromatic rings. The Bertz CT molecular complexity index is 590. The van der Waals surface area contributed by atoms with Gasteiger partial charge < -0.3 is 5.32 Å². The largest absolute Gasteiger partial charge is 0.312 e. The molecule has 0 unspecified atom stereocenters. The van der Waals surface area contributed by atoms with Crippen molar-refractivity contribution in [2.75, 3.05) is 6.54 Å². The number of benzene rings is 1. The van der Waals surface area contributed by atoms with Crippen molar-refractivity contribution in [2.24, 2.45) is 0 Å². The maximum Gasteiger partial charge on any atom is 0.123 e. The number of halogens is 1. The van der Waals surface area contributed by atoms with Crippen LogP contribution in [0.4, 0.5) is 0 Å². The van der Waals surface area contributed by atoms with Gasteiger partial charge in [0.25, 0.3) is 0 Å². The predicted molar refractivity (Wildman–Crippen MR) is 86.5 cm³/mol. The molecule has 4 heteroatoms. The zero-order valence-electron chi connectivity index (χ0n) is 11.7. The predicted octanol–water partition coefficient (Wildman–Crippen LogP) is 4.84. The Morgan fingerprint density at radius 2 is 2.25 bits per heavy atom. The topological polar surface area (TPSA) is 24.9 Å². The normalized spacial score (nSPS) is 14.7. The quantitative estimate of drug-likeness (QED) is 0.772. The molecule has 0 spiro atoms. The number of nitrogens with zero attached hydrogens (tertiary/aromatic N) is 1. The fourth-order valence-electron chi connectivity index (χ4n) is 2.29. The molecular formula is C16H19ClN2S. The minimum Gasteiger partial charge on any atom is -0.312 e. The van der Waals surface area contributed by atoms with Crippen LogP contribution in [-0.4, -0.2) is 11.5 Å². The first-order valence-electron chi connectivity index (χ1n) is 7.24. The van der Waals surface area contributed by atoms with Crippen LogP contribution in [0.1, 0.15) is 42.7 Å². The molecule has 1 aliphatic carbocycles. The Morgan fingerprint density at radius 3 is 2.95 bits per heavy atom. The lowest BCUT2D eigenvalue weighted by molar-refractivity contribution is 0.676. The average Bonchev–Trinajstić information content (AvgIpc) is 3.20. The average molecular weight is 307 g/mol. The number of aromatic nitrogens is 1. The molecule has 0 bridgehead atoms. The monoisotopic (exact) mass is 306 g/mol. The summed E-state index contributed by atoms with van der Waals surface area (Å²) in [5.74, 6) is 0.692. The summed E-state index contributed by atoms with van der Waals surface area (Å²) in [6, 6.07) is 7.99. The molecule has 0 saturated heterocycles. The van der Waals surface area contributed by atoms with Gasteiger partial charge in [0.15, 0.2) is 0 Å². The summed E-state index contributed by atoms with van der Waals surface area (Å²) in [5.41, 5.74) is 2.44. The molecule has 2 nitrogen and oxygen atoms in total. The van der Waals surface area contributed by atoms with E-state index in [1.807, 2.05) is 29.5 Å². The number of thiazole rings is 1. The van der Waals surface area contributed by atoms with Crippen LogP contribution in [0.15, 0.2) is 24.3 Å². The molecule has 0 atom stereocenters. The van der Waals surface area contributed by atoms with E-state index in [4.69, 9.17) is 16.6 Å². The minimum atomic E-state index is 0.692. The van der Waals surface area contributed by atoms with Gasteiger partial charge >= 0.3 is 0 Å². The fraction of sp³-hybridized carbons (Fsp3) is 0.438. The maximum absolute atomic E-state index is 6.08. The van der Waals surface area contributed by atoms with Crippen LogP contribution in [0.5, 0.6) is 0 Å². The molecule has 1 heterocycles. The van der Waals surface area contributed by atoms with E-state index >= 15 is 0 Å². The van der Waals surface area contributed by atoms with Gasteiger partial charge in [-0.3, -0.25) is 0 Å². The standard InChI is InChI=1S/C16H19ClN2S/c1-2-8-18-10-14-15(11-6-7-11)19-16(20-14)12-4-3-5-13(17)9-12/h3-5,9,11,18H,2,6-8,10H2,1H3. The number of hydrogen-bond donors (Lipinski definition) is 1. The van der Waals surface area contributed by atoms with Gasteiger partial charge in [0.1, 0.15) is 5.01 Å². The highest BCUT2D eigenvalue weighted by Crippen LogP contribution is 2.44. The van der Waals surface area contributed by atoms with Gasteiger partial charge in [0, 0.05) is 27.9 Å². The van der Waals surface area contributed by atoms with E-state index in [0.717, 1.165) is 28.7 Å². The van der Waals surface area contributed by atoms with Gasteiger partial charge in [-0.2, -0.15) is 0 Å². The summed E-state index contributed by atoms with van der Waals surface area (Å²) in [7, 11) is 0. The van der Waals surface area contributed by atoms with E-state index in [1.54, 1.807) is 0 Å². The van der Waals surface area contributed by atoms with Crippen molar-refractivity contribution in [3.05, 3.63) is 39.9 Å². The second-order valence-electron chi connectivity index (χ2n) is 5.29. The van der Waals surface area contributed by atoms with Gasteiger partial charge in [0.05, 0.1) is 5.69 Å². The summed E-state index contributed by atoms with van der Waals surface area (Å²) < 4.78 is 0. The first-order chi connectivity index (χ1) is 9.78. The second-order valence-corrected chi connectivity index (χ2v) is 6.81. The highest BCUT2D eigenvalue weighted by Gasteiger charge is 2.29. The van der Waals surface area contributed by atoms with Crippen LogP contribution in [0.2, 0.25) is 5.02 Å². The lowest BCUT2D eigenvalue weighted by Gasteiger charge is -2.01. The zero-order valence-corrected chi connectivity index (χ0v) is 13.2. The van der Waals surface area contributed by atoms with Gasteiger partial charge in [0.2, 0.25) is 0 Å². The summed E-state index contributed by atoms with van der Waals surface area (Å²) in [6.45, 7) is 4.20. The van der Waals surface area contributed by atoms with Crippen molar-refractivity contribution in [3.8, 4) is 10.6 Å². The Kier molecular flexibility index (Phi) is 4.39. The van der Waals surface area contributed by atoms with E-state index < -0.39 is 0 Å². The summed E-state index contributed by atoms with van der Waals surface area (Å²) in [5, 5.41) is 5.37. The van der Waals surface area contributed by atoms with Gasteiger partial charge in [-0.05, 0) is 37.9 Å². The highest BCUT2D eigenvalue weighted by atomic mass is 35.5. The van der Waals surface area contributed by atoms with E-state index in [2.05, 4.69) is 18.3 Å². The van der Waals surface area contributed by atoms with Crippen LogP contribution in [0.3, 0.4) is 0 Å². The van der Waals surface area contributed by atoms with E-state index in [9.17, 15) is 0 Å². The molecule has 1 fully saturated rings. The molecule has 1 aromatic carbocycles. The highest BCUT2D eigenvalue weighted by molar-refractivity contribution is 7.15. The van der Waals surface area contributed by atoms with Crippen molar-refractivity contribution in [3.63, 3.8) is 0 Å². The lowest BCUT2D eigenvalue weighted by atomic mass is 10.2. The molecule has 1 saturated carbocycles. The first-order valence-corrected chi connectivity index (χ1v) is 8.43. The third-order valence-corrected chi connectivity index (χ3v) is 4.83. The van der Waals surface area contributed by atoms with E-state index in [0.29, 0.717) is 5.92 Å². The molecule has 1 aromatic heterocycles. The molecular weight excluding hydrogens is 288 g/mol. The van der Waals surface area contributed by atoms with Crippen LogP contribution < -0.4 is 5.32 Å². The second kappa shape index (κ2) is 6.25. The van der Waals surface area contributed by atoms with Crippen LogP contribution in [0, 0.1) is 0 Å². The smallest absolute Gasteiger partial charge is 0.123 e. The SMILES string of the molecule is CCCNCc1sc(-c2cccc(Cl)c2)nc1C1CC1. The molecule has 20 heavy (non-hydrogen) atoms. The molecule has 1 aliphatic rings. The number of rotatable bonds is 6. The third-order valence-electron chi connectivity index (χ3n) is 3.48. The van der Waals surface area contributed by atoms with Gasteiger partial charge in [-0.25, -0.2) is 4.98 Å². The molecule has 0 radical (unpaired) electrons. The molecule has 1 N–H and O–H groups in total. The van der Waals surface area contributed by atoms with Crippen molar-refractivity contribution in [2.45, 2.75) is 38.6 Å². The summed E-state index contributed by atoms with van der Waals surface area (Å²) in [4.78, 5) is 6.28. The Hall–Kier alpha value is -0.900. The number of nitrogens with one attached hydrogen (secondary N) is 1. The van der Waals surface area contributed by atoms with Crippen molar-refractivity contribution in [1.82, 2.24) is 10.3 Å².